The smallest absolute Gasteiger partial charge is 0.353 e. The second-order valence-corrected chi connectivity index (χ2v) is 6.98. The number of anilines is 1. The van der Waals surface area contributed by atoms with E-state index in [1.54, 1.807) is 41.8 Å². The number of carbonyl (C=O) groups excluding carboxylic acids is 3. The molecule has 0 N–H and O–H groups in total. The molecule has 0 radical (unpaired) electrons. The summed E-state index contributed by atoms with van der Waals surface area (Å²) in [5, 5.41) is 1.80. The fourth-order valence-corrected chi connectivity index (χ4v) is 3.87. The van der Waals surface area contributed by atoms with Crippen molar-refractivity contribution >= 4 is 34.8 Å². The molecule has 1 saturated heterocycles. The van der Waals surface area contributed by atoms with Gasteiger partial charge in [-0.1, -0.05) is 18.2 Å². The summed E-state index contributed by atoms with van der Waals surface area (Å²) in [6.07, 6.45) is 5.15. The lowest BCUT2D eigenvalue weighted by molar-refractivity contribution is -0.122. The molecule has 1 aliphatic carbocycles. The minimum Gasteiger partial charge on any atom is -0.422 e. The first-order chi connectivity index (χ1) is 12.1. The summed E-state index contributed by atoms with van der Waals surface area (Å²) in [6.45, 7) is 0. The van der Waals surface area contributed by atoms with Crippen LogP contribution in [-0.4, -0.2) is 17.8 Å². The Kier molecular flexibility index (Phi) is 3.97. The number of rotatable bonds is 3. The van der Waals surface area contributed by atoms with Gasteiger partial charge in [0.1, 0.15) is 10.6 Å². The summed E-state index contributed by atoms with van der Waals surface area (Å²) in [7, 11) is 0. The number of carbonyl (C=O) groups is 3. The maximum atomic E-state index is 12.6. The lowest BCUT2D eigenvalue weighted by atomic mass is 9.85. The Balaban J connectivity index is 1.51. The first kappa shape index (κ1) is 15.8. The van der Waals surface area contributed by atoms with E-state index in [1.807, 2.05) is 12.2 Å². The quantitative estimate of drug-likeness (QED) is 0.367. The standard InChI is InChI=1S/C19H15NO4S/c21-17-14-4-1-2-5-15(14)18(22)20(17)12-7-9-13(10-8-12)24-19(23)16-6-3-11-25-16/h1-3,6-11,14-15H,4-5H2/t14-,15+. The van der Waals surface area contributed by atoms with Crippen molar-refractivity contribution in [3.63, 3.8) is 0 Å². The van der Waals surface area contributed by atoms with Gasteiger partial charge in [-0.2, -0.15) is 0 Å². The Morgan fingerprint density at radius 1 is 1.00 bits per heavy atom. The molecule has 5 nitrogen and oxygen atoms in total. The van der Waals surface area contributed by atoms with Crippen LogP contribution in [-0.2, 0) is 9.59 Å². The zero-order chi connectivity index (χ0) is 17.4. The van der Waals surface area contributed by atoms with Gasteiger partial charge in [0.25, 0.3) is 0 Å². The van der Waals surface area contributed by atoms with E-state index in [4.69, 9.17) is 4.74 Å². The maximum absolute atomic E-state index is 12.6. The second-order valence-electron chi connectivity index (χ2n) is 6.03. The van der Waals surface area contributed by atoms with E-state index in [-0.39, 0.29) is 23.7 Å². The van der Waals surface area contributed by atoms with Crippen LogP contribution in [0.5, 0.6) is 5.75 Å². The monoisotopic (exact) mass is 353 g/mol. The number of hydrogen-bond acceptors (Lipinski definition) is 5. The van der Waals surface area contributed by atoms with Gasteiger partial charge in [-0.3, -0.25) is 14.5 Å². The number of nitrogens with zero attached hydrogens (tertiary/aromatic N) is 1. The minimum absolute atomic E-state index is 0.150. The predicted octanol–water partition coefficient (Wildman–Crippen LogP) is 3.42. The van der Waals surface area contributed by atoms with Crippen LogP contribution in [0, 0.1) is 11.8 Å². The maximum Gasteiger partial charge on any atom is 0.353 e. The molecule has 2 heterocycles. The molecule has 6 heteroatoms. The van der Waals surface area contributed by atoms with Crippen LogP contribution < -0.4 is 9.64 Å². The van der Waals surface area contributed by atoms with Crippen LogP contribution in [0.15, 0.2) is 53.9 Å². The Bertz CT molecular complexity index is 828. The fourth-order valence-electron chi connectivity index (χ4n) is 3.27. The van der Waals surface area contributed by atoms with Gasteiger partial charge in [0.05, 0.1) is 17.5 Å². The van der Waals surface area contributed by atoms with E-state index in [2.05, 4.69) is 0 Å². The number of fused-ring (bicyclic) bond motifs is 1. The second kappa shape index (κ2) is 6.29. The van der Waals surface area contributed by atoms with Crippen LogP contribution in [0.2, 0.25) is 0 Å². The number of imide groups is 1. The third-order valence-electron chi connectivity index (χ3n) is 4.54. The molecule has 0 spiro atoms. The molecular formula is C19H15NO4S. The first-order valence-electron chi connectivity index (χ1n) is 8.03. The molecule has 0 saturated carbocycles. The third-order valence-corrected chi connectivity index (χ3v) is 5.39. The number of amides is 2. The summed E-state index contributed by atoms with van der Waals surface area (Å²) in [4.78, 5) is 38.8. The van der Waals surface area contributed by atoms with Crippen molar-refractivity contribution in [3.05, 3.63) is 58.8 Å². The van der Waals surface area contributed by atoms with Crippen molar-refractivity contribution in [2.24, 2.45) is 11.8 Å². The van der Waals surface area contributed by atoms with Gasteiger partial charge >= 0.3 is 5.97 Å². The highest BCUT2D eigenvalue weighted by atomic mass is 32.1. The molecule has 2 aliphatic rings. The Hall–Kier alpha value is -2.73. The van der Waals surface area contributed by atoms with E-state index in [0.29, 0.717) is 29.2 Å². The SMILES string of the molecule is O=C(Oc1ccc(N2C(=O)[C@H]3CC=CC[C@H]3C2=O)cc1)c1cccs1. The number of hydrogen-bond donors (Lipinski definition) is 0. The highest BCUT2D eigenvalue weighted by Gasteiger charge is 2.47. The zero-order valence-electron chi connectivity index (χ0n) is 13.3. The van der Waals surface area contributed by atoms with Gasteiger partial charge in [-0.25, -0.2) is 4.79 Å². The summed E-state index contributed by atoms with van der Waals surface area (Å²) < 4.78 is 5.30. The number of ether oxygens (including phenoxy) is 1. The van der Waals surface area contributed by atoms with E-state index in [9.17, 15) is 14.4 Å². The molecule has 0 unspecified atom stereocenters. The summed E-state index contributed by atoms with van der Waals surface area (Å²) in [6, 6.07) is 9.94. The molecule has 126 valence electrons. The lowest BCUT2D eigenvalue weighted by Gasteiger charge is -2.15. The van der Waals surface area contributed by atoms with Gasteiger partial charge in [-0.15, -0.1) is 11.3 Å². The average molecular weight is 353 g/mol. The van der Waals surface area contributed by atoms with Crippen molar-refractivity contribution in [1.29, 1.82) is 0 Å². The molecule has 1 aliphatic heterocycles. The number of allylic oxidation sites excluding steroid dienone is 2. The molecule has 1 fully saturated rings. The molecular weight excluding hydrogens is 338 g/mol. The van der Waals surface area contributed by atoms with E-state index in [1.165, 1.54) is 16.2 Å². The van der Waals surface area contributed by atoms with Gasteiger partial charge in [0, 0.05) is 0 Å². The van der Waals surface area contributed by atoms with Crippen molar-refractivity contribution in [2.75, 3.05) is 4.90 Å². The molecule has 4 rings (SSSR count). The van der Waals surface area contributed by atoms with Crippen LogP contribution in [0.3, 0.4) is 0 Å². The number of benzene rings is 1. The molecule has 1 aromatic carbocycles. The van der Waals surface area contributed by atoms with Gasteiger partial charge in [0.2, 0.25) is 11.8 Å². The van der Waals surface area contributed by atoms with E-state index < -0.39 is 5.97 Å². The van der Waals surface area contributed by atoms with Crippen LogP contribution in [0.25, 0.3) is 0 Å². The van der Waals surface area contributed by atoms with E-state index in [0.717, 1.165) is 0 Å². The highest BCUT2D eigenvalue weighted by molar-refractivity contribution is 7.12. The third kappa shape index (κ3) is 2.78. The van der Waals surface area contributed by atoms with Crippen molar-refractivity contribution in [3.8, 4) is 5.75 Å². The molecule has 2 atom stereocenters. The molecule has 2 amide bonds. The Morgan fingerprint density at radius 3 is 2.20 bits per heavy atom. The number of esters is 1. The van der Waals surface area contributed by atoms with Crippen molar-refractivity contribution < 1.29 is 19.1 Å². The largest absolute Gasteiger partial charge is 0.422 e. The van der Waals surface area contributed by atoms with Gasteiger partial charge < -0.3 is 4.74 Å². The van der Waals surface area contributed by atoms with Crippen LogP contribution in [0.4, 0.5) is 5.69 Å². The van der Waals surface area contributed by atoms with E-state index >= 15 is 0 Å². The topological polar surface area (TPSA) is 63.7 Å². The minimum atomic E-state index is -0.423. The number of thiophene rings is 1. The summed E-state index contributed by atoms with van der Waals surface area (Å²) in [5.41, 5.74) is 0.514. The molecule has 0 bridgehead atoms. The highest BCUT2D eigenvalue weighted by Crippen LogP contribution is 2.38. The Morgan fingerprint density at radius 2 is 1.64 bits per heavy atom. The summed E-state index contributed by atoms with van der Waals surface area (Å²) >= 11 is 1.31. The molecule has 1 aromatic heterocycles. The predicted molar refractivity (Wildman–Crippen MR) is 93.6 cm³/mol. The fraction of sp³-hybridized carbons (Fsp3) is 0.211. The van der Waals surface area contributed by atoms with Crippen molar-refractivity contribution in [2.45, 2.75) is 12.8 Å². The molecule has 25 heavy (non-hydrogen) atoms. The van der Waals surface area contributed by atoms with Crippen LogP contribution >= 0.6 is 11.3 Å². The molecule has 2 aromatic rings. The normalized spacial score (nSPS) is 22.2. The van der Waals surface area contributed by atoms with Gasteiger partial charge in [-0.05, 0) is 48.6 Å². The van der Waals surface area contributed by atoms with Crippen LogP contribution in [0.1, 0.15) is 22.5 Å². The lowest BCUT2D eigenvalue weighted by Crippen LogP contribution is -2.30. The van der Waals surface area contributed by atoms with Crippen molar-refractivity contribution in [1.82, 2.24) is 0 Å². The Labute approximate surface area is 148 Å². The van der Waals surface area contributed by atoms with Gasteiger partial charge in [0.15, 0.2) is 0 Å². The average Bonchev–Trinajstić information content (AvgIpc) is 3.25. The first-order valence-corrected chi connectivity index (χ1v) is 8.91. The zero-order valence-corrected chi connectivity index (χ0v) is 14.1. The summed E-state index contributed by atoms with van der Waals surface area (Å²) in [5.74, 6) is -0.860.